The first-order chi connectivity index (χ1) is 6.79. The van der Waals surface area contributed by atoms with Gasteiger partial charge in [0.25, 0.3) is 0 Å². The van der Waals surface area contributed by atoms with Crippen LogP contribution in [-0.4, -0.2) is 25.8 Å². The summed E-state index contributed by atoms with van der Waals surface area (Å²) in [7, 11) is 0. The summed E-state index contributed by atoms with van der Waals surface area (Å²) in [5.74, 6) is 0. The van der Waals surface area contributed by atoms with E-state index in [9.17, 15) is 0 Å². The number of anilines is 1. The number of morpholine rings is 1. The lowest BCUT2D eigenvalue weighted by Crippen LogP contribution is -2.38. The van der Waals surface area contributed by atoms with Gasteiger partial charge in [-0.3, -0.25) is 0 Å². The van der Waals surface area contributed by atoms with Crippen LogP contribution in [0.5, 0.6) is 0 Å². The van der Waals surface area contributed by atoms with Crippen molar-refractivity contribution in [1.29, 1.82) is 0 Å². The van der Waals surface area contributed by atoms with Crippen LogP contribution in [0.3, 0.4) is 0 Å². The Morgan fingerprint density at radius 2 is 2.07 bits per heavy atom. The van der Waals surface area contributed by atoms with E-state index >= 15 is 0 Å². The van der Waals surface area contributed by atoms with Gasteiger partial charge in [0.15, 0.2) is 0 Å². The van der Waals surface area contributed by atoms with Crippen molar-refractivity contribution < 1.29 is 4.74 Å². The Labute approximate surface area is 85.3 Å². The monoisotopic (exact) mass is 194 g/mol. The molecule has 1 aromatic rings. The Morgan fingerprint density at radius 3 is 2.36 bits per heavy atom. The average Bonchev–Trinajstić information content (AvgIpc) is 2.21. The minimum Gasteiger partial charge on any atom is -0.399 e. The minimum absolute atomic E-state index is 0.564. The summed E-state index contributed by atoms with van der Waals surface area (Å²) in [5.41, 5.74) is 6.18. The fourth-order valence-corrected chi connectivity index (χ4v) is 1.15. The van der Waals surface area contributed by atoms with E-state index in [1.54, 1.807) is 0 Å². The summed E-state index contributed by atoms with van der Waals surface area (Å²) in [5, 5.41) is 3.26. The predicted octanol–water partition coefficient (Wildman–Crippen LogP) is 1.26. The maximum Gasteiger partial charge on any atom is 0.0617 e. The first-order valence-electron chi connectivity index (χ1n) is 4.90. The summed E-state index contributed by atoms with van der Waals surface area (Å²) in [6.07, 6.45) is 0. The number of benzene rings is 1. The van der Waals surface area contributed by atoms with Gasteiger partial charge in [-0.05, 0) is 19.1 Å². The highest BCUT2D eigenvalue weighted by Crippen LogP contribution is 1.95. The number of para-hydroxylation sites is 1. The van der Waals surface area contributed by atoms with Crippen molar-refractivity contribution in [2.24, 2.45) is 0 Å². The highest BCUT2D eigenvalue weighted by Gasteiger charge is 2.04. The zero-order valence-corrected chi connectivity index (χ0v) is 8.57. The van der Waals surface area contributed by atoms with E-state index in [0.717, 1.165) is 25.4 Å². The van der Waals surface area contributed by atoms with E-state index in [-0.39, 0.29) is 0 Å². The van der Waals surface area contributed by atoms with Gasteiger partial charge in [0.05, 0.1) is 13.2 Å². The molecule has 1 unspecified atom stereocenters. The van der Waals surface area contributed by atoms with Crippen LogP contribution in [0.25, 0.3) is 0 Å². The summed E-state index contributed by atoms with van der Waals surface area (Å²) < 4.78 is 5.12. The second-order valence-electron chi connectivity index (χ2n) is 3.34. The van der Waals surface area contributed by atoms with Gasteiger partial charge in [-0.15, -0.1) is 0 Å². The van der Waals surface area contributed by atoms with E-state index in [4.69, 9.17) is 10.5 Å². The maximum absolute atomic E-state index is 5.36. The lowest BCUT2D eigenvalue weighted by atomic mass is 10.3. The van der Waals surface area contributed by atoms with Crippen LogP contribution in [0.4, 0.5) is 5.69 Å². The molecular weight excluding hydrogens is 176 g/mol. The molecule has 1 fully saturated rings. The van der Waals surface area contributed by atoms with Crippen molar-refractivity contribution in [3.63, 3.8) is 0 Å². The molecule has 3 nitrogen and oxygen atoms in total. The van der Waals surface area contributed by atoms with E-state index in [2.05, 4.69) is 12.2 Å². The largest absolute Gasteiger partial charge is 0.399 e. The fourth-order valence-electron chi connectivity index (χ4n) is 1.15. The molecule has 1 aromatic carbocycles. The van der Waals surface area contributed by atoms with Gasteiger partial charge >= 0.3 is 0 Å². The Hall–Kier alpha value is -1.06. The van der Waals surface area contributed by atoms with Crippen LogP contribution in [0, 0.1) is 0 Å². The molecule has 1 aliphatic rings. The molecule has 0 aromatic heterocycles. The van der Waals surface area contributed by atoms with Gasteiger partial charge < -0.3 is 15.8 Å². The minimum atomic E-state index is 0.564. The summed E-state index contributed by atoms with van der Waals surface area (Å²) in [6.45, 7) is 4.89. The second-order valence-corrected chi connectivity index (χ2v) is 3.34. The zero-order valence-electron chi connectivity index (χ0n) is 8.57. The standard InChI is InChI=1S/C6H7N.C5H11NO/c7-6-4-2-1-3-5-6;1-5-4-7-3-2-6-5/h1-5H,7H2;5-6H,2-4H2,1H3. The summed E-state index contributed by atoms with van der Waals surface area (Å²) >= 11 is 0. The predicted molar refractivity (Wildman–Crippen MR) is 59.1 cm³/mol. The third-order valence-electron chi connectivity index (χ3n) is 1.91. The Balaban J connectivity index is 0.000000140. The first kappa shape index (κ1) is 11.0. The smallest absolute Gasteiger partial charge is 0.0617 e. The van der Waals surface area contributed by atoms with E-state index < -0.39 is 0 Å². The topological polar surface area (TPSA) is 47.3 Å². The van der Waals surface area contributed by atoms with Crippen LogP contribution in [0.1, 0.15) is 6.92 Å². The van der Waals surface area contributed by atoms with E-state index in [1.165, 1.54) is 0 Å². The van der Waals surface area contributed by atoms with E-state index in [1.807, 2.05) is 30.3 Å². The number of rotatable bonds is 0. The third-order valence-corrected chi connectivity index (χ3v) is 1.91. The lowest BCUT2D eigenvalue weighted by Gasteiger charge is -2.19. The summed E-state index contributed by atoms with van der Waals surface area (Å²) in [4.78, 5) is 0. The Bertz CT molecular complexity index is 232. The Morgan fingerprint density at radius 1 is 1.36 bits per heavy atom. The summed E-state index contributed by atoms with van der Waals surface area (Å²) in [6, 6.07) is 10.1. The highest BCUT2D eigenvalue weighted by atomic mass is 16.5. The molecule has 3 N–H and O–H groups in total. The van der Waals surface area contributed by atoms with Crippen molar-refractivity contribution in [2.45, 2.75) is 13.0 Å². The van der Waals surface area contributed by atoms with Crippen LogP contribution < -0.4 is 11.1 Å². The molecule has 1 atom stereocenters. The first-order valence-corrected chi connectivity index (χ1v) is 4.90. The molecule has 0 spiro atoms. The van der Waals surface area contributed by atoms with Gasteiger partial charge in [-0.1, -0.05) is 18.2 Å². The number of hydrogen-bond acceptors (Lipinski definition) is 3. The van der Waals surface area contributed by atoms with Crippen LogP contribution in [0.15, 0.2) is 30.3 Å². The molecule has 3 heteroatoms. The molecule has 0 bridgehead atoms. The molecular formula is C11H18N2O. The van der Waals surface area contributed by atoms with Gasteiger partial charge in [0.1, 0.15) is 0 Å². The molecule has 2 rings (SSSR count). The van der Waals surface area contributed by atoms with E-state index in [0.29, 0.717) is 6.04 Å². The fraction of sp³-hybridized carbons (Fsp3) is 0.455. The maximum atomic E-state index is 5.36. The molecule has 1 aliphatic heterocycles. The van der Waals surface area contributed by atoms with Crippen molar-refractivity contribution in [2.75, 3.05) is 25.5 Å². The van der Waals surface area contributed by atoms with Crippen LogP contribution >= 0.6 is 0 Å². The van der Waals surface area contributed by atoms with Crippen molar-refractivity contribution in [1.82, 2.24) is 5.32 Å². The van der Waals surface area contributed by atoms with Crippen molar-refractivity contribution in [3.05, 3.63) is 30.3 Å². The average molecular weight is 194 g/mol. The quantitative estimate of drug-likeness (QED) is 0.611. The number of nitrogen functional groups attached to an aromatic ring is 1. The molecule has 14 heavy (non-hydrogen) atoms. The third kappa shape index (κ3) is 4.84. The zero-order chi connectivity index (χ0) is 10.2. The van der Waals surface area contributed by atoms with Gasteiger partial charge in [0, 0.05) is 18.3 Å². The van der Waals surface area contributed by atoms with Gasteiger partial charge in [-0.25, -0.2) is 0 Å². The van der Waals surface area contributed by atoms with Crippen molar-refractivity contribution >= 4 is 5.69 Å². The van der Waals surface area contributed by atoms with Crippen molar-refractivity contribution in [3.8, 4) is 0 Å². The number of nitrogens with two attached hydrogens (primary N) is 1. The highest BCUT2D eigenvalue weighted by molar-refractivity contribution is 5.35. The SMILES string of the molecule is CC1COCCN1.Nc1ccccc1. The molecule has 78 valence electrons. The Kier molecular flexibility index (Phi) is 5.04. The van der Waals surface area contributed by atoms with Gasteiger partial charge in [0.2, 0.25) is 0 Å². The molecule has 1 heterocycles. The van der Waals surface area contributed by atoms with Crippen LogP contribution in [-0.2, 0) is 4.74 Å². The van der Waals surface area contributed by atoms with Gasteiger partial charge in [-0.2, -0.15) is 0 Å². The lowest BCUT2D eigenvalue weighted by molar-refractivity contribution is 0.0824. The number of hydrogen-bond donors (Lipinski definition) is 2. The normalized spacial score (nSPS) is 20.8. The molecule has 0 saturated carbocycles. The molecule has 0 aliphatic carbocycles. The number of nitrogens with one attached hydrogen (secondary N) is 1. The number of ether oxygens (including phenoxy) is 1. The van der Waals surface area contributed by atoms with Crippen LogP contribution in [0.2, 0.25) is 0 Å². The molecule has 0 radical (unpaired) electrons. The molecule has 1 saturated heterocycles. The second kappa shape index (κ2) is 6.40. The molecule has 0 amide bonds.